The van der Waals surface area contributed by atoms with Crippen molar-refractivity contribution in [2.45, 2.75) is 43.5 Å². The van der Waals surface area contributed by atoms with Crippen molar-refractivity contribution in [3.05, 3.63) is 27.7 Å². The Kier molecular flexibility index (Phi) is 3.14. The lowest BCUT2D eigenvalue weighted by atomic mass is 9.68. The SMILES string of the molecule is CC1CC2(CCC2)CN1Sc1cc2oc(=O)[nH]c2cc1Cl. The van der Waals surface area contributed by atoms with Crippen molar-refractivity contribution in [1.82, 2.24) is 9.29 Å². The highest BCUT2D eigenvalue weighted by Gasteiger charge is 2.46. The standard InChI is InChI=1S/C15H17ClN2O2S/c1-9-7-15(3-2-4-15)8-18(9)21-13-6-12-11(5-10(13)16)17-14(19)20-12/h5-6,9H,2-4,7-8H2,1H3,(H,17,19). The monoisotopic (exact) mass is 324 g/mol. The number of H-pyrrole nitrogens is 1. The van der Waals surface area contributed by atoms with Crippen LogP contribution in [0.5, 0.6) is 0 Å². The van der Waals surface area contributed by atoms with Crippen LogP contribution in [0.4, 0.5) is 0 Å². The maximum Gasteiger partial charge on any atom is 0.417 e. The molecule has 1 aromatic carbocycles. The minimum atomic E-state index is -0.439. The summed E-state index contributed by atoms with van der Waals surface area (Å²) in [7, 11) is 0. The fourth-order valence-corrected chi connectivity index (χ4v) is 5.01. The molecule has 0 amide bonds. The van der Waals surface area contributed by atoms with Crippen LogP contribution in [-0.2, 0) is 0 Å². The molecule has 0 bridgehead atoms. The predicted molar refractivity (Wildman–Crippen MR) is 84.8 cm³/mol. The van der Waals surface area contributed by atoms with Gasteiger partial charge in [-0.05, 0) is 55.7 Å². The van der Waals surface area contributed by atoms with Crippen LogP contribution in [0.2, 0.25) is 5.02 Å². The summed E-state index contributed by atoms with van der Waals surface area (Å²) in [5.74, 6) is -0.439. The first-order valence-electron chi connectivity index (χ1n) is 7.32. The minimum Gasteiger partial charge on any atom is -0.408 e. The van der Waals surface area contributed by atoms with E-state index in [1.807, 2.05) is 6.07 Å². The van der Waals surface area contributed by atoms with Gasteiger partial charge in [0.1, 0.15) is 0 Å². The molecule has 1 saturated heterocycles. The summed E-state index contributed by atoms with van der Waals surface area (Å²) in [6.07, 6.45) is 5.35. The molecule has 4 nitrogen and oxygen atoms in total. The van der Waals surface area contributed by atoms with Crippen LogP contribution in [0, 0.1) is 5.41 Å². The molecule has 1 N–H and O–H groups in total. The van der Waals surface area contributed by atoms with Crippen molar-refractivity contribution >= 4 is 34.6 Å². The number of hydrogen-bond acceptors (Lipinski definition) is 4. The number of benzene rings is 1. The molecular formula is C15H17ClN2O2S. The largest absolute Gasteiger partial charge is 0.417 e. The summed E-state index contributed by atoms with van der Waals surface area (Å²) in [5, 5.41) is 0.659. The van der Waals surface area contributed by atoms with E-state index in [4.69, 9.17) is 16.0 Å². The third kappa shape index (κ3) is 2.31. The van der Waals surface area contributed by atoms with E-state index < -0.39 is 5.76 Å². The van der Waals surface area contributed by atoms with Gasteiger partial charge in [0.15, 0.2) is 5.58 Å². The first-order valence-corrected chi connectivity index (χ1v) is 8.47. The van der Waals surface area contributed by atoms with Crippen LogP contribution in [0.3, 0.4) is 0 Å². The van der Waals surface area contributed by atoms with Crippen molar-refractivity contribution in [2.75, 3.05) is 6.54 Å². The van der Waals surface area contributed by atoms with E-state index >= 15 is 0 Å². The Morgan fingerprint density at radius 3 is 2.95 bits per heavy atom. The van der Waals surface area contributed by atoms with Crippen molar-refractivity contribution in [1.29, 1.82) is 0 Å². The molecule has 2 aliphatic rings. The Bertz CT molecular complexity index is 750. The van der Waals surface area contributed by atoms with Crippen molar-refractivity contribution < 1.29 is 4.42 Å². The maximum atomic E-state index is 11.3. The van der Waals surface area contributed by atoms with Gasteiger partial charge in [-0.3, -0.25) is 4.98 Å². The molecule has 4 rings (SSSR count). The second kappa shape index (κ2) is 4.80. The fourth-order valence-electron chi connectivity index (χ4n) is 3.59. The Labute approximate surface area is 132 Å². The summed E-state index contributed by atoms with van der Waals surface area (Å²) in [6, 6.07) is 4.18. The topological polar surface area (TPSA) is 49.2 Å². The van der Waals surface area contributed by atoms with E-state index in [-0.39, 0.29) is 0 Å². The van der Waals surface area contributed by atoms with Crippen molar-refractivity contribution in [3.8, 4) is 0 Å². The molecule has 0 radical (unpaired) electrons. The number of aromatic amines is 1. The highest BCUT2D eigenvalue weighted by molar-refractivity contribution is 7.97. The van der Waals surface area contributed by atoms with Gasteiger partial charge in [-0.15, -0.1) is 0 Å². The van der Waals surface area contributed by atoms with Crippen molar-refractivity contribution in [2.24, 2.45) is 5.41 Å². The summed E-state index contributed by atoms with van der Waals surface area (Å²) in [6.45, 7) is 3.41. The molecular weight excluding hydrogens is 308 g/mol. The normalized spacial score (nSPS) is 24.8. The molecule has 1 saturated carbocycles. The van der Waals surface area contributed by atoms with E-state index in [0.717, 1.165) is 11.4 Å². The number of halogens is 1. The van der Waals surface area contributed by atoms with Gasteiger partial charge in [-0.25, -0.2) is 9.10 Å². The van der Waals surface area contributed by atoms with Gasteiger partial charge in [0.2, 0.25) is 0 Å². The average molecular weight is 325 g/mol. The lowest BCUT2D eigenvalue weighted by Crippen LogP contribution is -2.31. The molecule has 1 atom stereocenters. The Morgan fingerprint density at radius 1 is 1.48 bits per heavy atom. The summed E-state index contributed by atoms with van der Waals surface area (Å²) in [5.41, 5.74) is 1.76. The Hall–Kier alpha value is -0.910. The molecule has 2 fully saturated rings. The Morgan fingerprint density at radius 2 is 2.29 bits per heavy atom. The smallest absolute Gasteiger partial charge is 0.408 e. The quantitative estimate of drug-likeness (QED) is 0.847. The molecule has 1 aliphatic carbocycles. The van der Waals surface area contributed by atoms with Crippen LogP contribution in [-0.4, -0.2) is 21.9 Å². The van der Waals surface area contributed by atoms with Gasteiger partial charge in [-0.1, -0.05) is 18.0 Å². The zero-order valence-corrected chi connectivity index (χ0v) is 13.4. The maximum absolute atomic E-state index is 11.3. The molecule has 6 heteroatoms. The first-order chi connectivity index (χ1) is 10.0. The molecule has 1 aliphatic heterocycles. The number of aromatic nitrogens is 1. The number of nitrogens with zero attached hydrogens (tertiary/aromatic N) is 1. The average Bonchev–Trinajstić information content (AvgIpc) is 2.90. The molecule has 1 unspecified atom stereocenters. The highest BCUT2D eigenvalue weighted by Crippen LogP contribution is 2.52. The van der Waals surface area contributed by atoms with Crippen LogP contribution < -0.4 is 5.76 Å². The third-order valence-electron chi connectivity index (χ3n) is 4.81. The van der Waals surface area contributed by atoms with E-state index in [1.165, 1.54) is 25.7 Å². The molecule has 2 heterocycles. The number of nitrogens with one attached hydrogen (secondary N) is 1. The van der Waals surface area contributed by atoms with E-state index in [2.05, 4.69) is 16.2 Å². The molecule has 1 aromatic heterocycles. The van der Waals surface area contributed by atoms with Gasteiger partial charge in [0, 0.05) is 17.5 Å². The number of oxazole rings is 1. The zero-order chi connectivity index (χ0) is 14.6. The lowest BCUT2D eigenvalue weighted by molar-refractivity contribution is 0.154. The molecule has 2 aromatic rings. The van der Waals surface area contributed by atoms with Crippen LogP contribution in [0.1, 0.15) is 32.6 Å². The van der Waals surface area contributed by atoms with Crippen molar-refractivity contribution in [3.63, 3.8) is 0 Å². The van der Waals surface area contributed by atoms with Gasteiger partial charge >= 0.3 is 5.76 Å². The van der Waals surface area contributed by atoms with E-state index in [0.29, 0.717) is 27.6 Å². The Balaban J connectivity index is 1.61. The van der Waals surface area contributed by atoms with Gasteiger partial charge < -0.3 is 4.42 Å². The van der Waals surface area contributed by atoms with E-state index in [9.17, 15) is 4.79 Å². The first kappa shape index (κ1) is 13.7. The number of hydrogen-bond donors (Lipinski definition) is 1. The van der Waals surface area contributed by atoms with Crippen LogP contribution >= 0.6 is 23.5 Å². The summed E-state index contributed by atoms with van der Waals surface area (Å²) >= 11 is 8.03. The predicted octanol–water partition coefficient (Wildman–Crippen LogP) is 4.05. The van der Waals surface area contributed by atoms with E-state index in [1.54, 1.807) is 18.0 Å². The molecule has 1 spiro atoms. The second-order valence-corrected chi connectivity index (χ2v) is 7.87. The molecule has 21 heavy (non-hydrogen) atoms. The third-order valence-corrected chi connectivity index (χ3v) is 6.50. The van der Waals surface area contributed by atoms with Gasteiger partial charge in [-0.2, -0.15) is 0 Å². The number of fused-ring (bicyclic) bond motifs is 1. The lowest BCUT2D eigenvalue weighted by Gasteiger charge is -2.38. The highest BCUT2D eigenvalue weighted by atomic mass is 35.5. The van der Waals surface area contributed by atoms with Gasteiger partial charge in [0.25, 0.3) is 0 Å². The second-order valence-electron chi connectivity index (χ2n) is 6.37. The minimum absolute atomic E-state index is 0.439. The summed E-state index contributed by atoms with van der Waals surface area (Å²) in [4.78, 5) is 14.8. The molecule has 112 valence electrons. The zero-order valence-electron chi connectivity index (χ0n) is 11.8. The van der Waals surface area contributed by atoms with Crippen LogP contribution in [0.25, 0.3) is 11.1 Å². The van der Waals surface area contributed by atoms with Gasteiger partial charge in [0.05, 0.1) is 10.5 Å². The number of rotatable bonds is 2. The summed E-state index contributed by atoms with van der Waals surface area (Å²) < 4.78 is 7.55. The van der Waals surface area contributed by atoms with Crippen LogP contribution in [0.15, 0.2) is 26.2 Å². The fraction of sp³-hybridized carbons (Fsp3) is 0.533.